The summed E-state index contributed by atoms with van der Waals surface area (Å²) in [6, 6.07) is 22.4. The van der Waals surface area contributed by atoms with Crippen molar-refractivity contribution in [1.82, 2.24) is 14.5 Å². The van der Waals surface area contributed by atoms with Gasteiger partial charge in [0.15, 0.2) is 0 Å². The maximum Gasteiger partial charge on any atom is 0.269 e. The Morgan fingerprint density at radius 2 is 1.68 bits per heavy atom. The average Bonchev–Trinajstić information content (AvgIpc) is 2.81. The lowest BCUT2D eigenvalue weighted by Gasteiger charge is -2.32. The van der Waals surface area contributed by atoms with E-state index in [4.69, 9.17) is 0 Å². The summed E-state index contributed by atoms with van der Waals surface area (Å²) >= 11 is 0. The van der Waals surface area contributed by atoms with Gasteiger partial charge in [0, 0.05) is 5.56 Å². The van der Waals surface area contributed by atoms with Crippen molar-refractivity contribution in [2.75, 3.05) is 26.2 Å². The number of nitrogens with zero attached hydrogens (tertiary/aromatic N) is 3. The second-order valence-electron chi connectivity index (χ2n) is 8.12. The van der Waals surface area contributed by atoms with E-state index in [-0.39, 0.29) is 18.0 Å². The lowest BCUT2D eigenvalue weighted by Crippen LogP contribution is -3.13. The highest BCUT2D eigenvalue weighted by Gasteiger charge is 2.24. The van der Waals surface area contributed by atoms with Crippen LogP contribution in [-0.2, 0) is 17.9 Å². The minimum atomic E-state index is -0.243. The Labute approximate surface area is 180 Å². The topological polar surface area (TPSA) is 59.6 Å². The van der Waals surface area contributed by atoms with Crippen LogP contribution >= 0.6 is 0 Å². The number of aromatic nitrogens is 2. The monoisotopic (exact) mass is 413 g/mol. The molecule has 1 aliphatic heterocycles. The minimum absolute atomic E-state index is 0.0114. The molecule has 0 radical (unpaired) electrons. The van der Waals surface area contributed by atoms with Crippen molar-refractivity contribution in [3.05, 3.63) is 88.8 Å². The number of fused-ring (bicyclic) bond motifs is 2. The Hall–Kier alpha value is -3.51. The Bertz CT molecular complexity index is 1300. The zero-order valence-electron chi connectivity index (χ0n) is 17.3. The average molecular weight is 414 g/mol. The molecule has 0 unspecified atom stereocenters. The Morgan fingerprint density at radius 1 is 0.935 bits per heavy atom. The number of rotatable bonds is 4. The predicted octanol–water partition coefficient (Wildman–Crippen LogP) is 1.48. The van der Waals surface area contributed by atoms with Crippen LogP contribution in [0, 0.1) is 0 Å². The summed E-state index contributed by atoms with van der Waals surface area (Å²) < 4.78 is 1.53. The zero-order valence-corrected chi connectivity index (χ0v) is 17.3. The number of amides is 1. The van der Waals surface area contributed by atoms with E-state index in [1.54, 1.807) is 0 Å². The number of piperazine rings is 1. The van der Waals surface area contributed by atoms with Crippen molar-refractivity contribution in [1.29, 1.82) is 0 Å². The molecule has 2 heterocycles. The number of para-hydroxylation sites is 2. The molecule has 1 aromatic heterocycles. The molecule has 6 heteroatoms. The molecular weight excluding hydrogens is 388 g/mol. The third-order valence-corrected chi connectivity index (χ3v) is 6.19. The zero-order chi connectivity index (χ0) is 21.2. The van der Waals surface area contributed by atoms with Gasteiger partial charge in [-0.2, -0.15) is 0 Å². The molecule has 3 aromatic carbocycles. The van der Waals surface area contributed by atoms with Gasteiger partial charge in [-0.15, -0.1) is 0 Å². The summed E-state index contributed by atoms with van der Waals surface area (Å²) in [5.74, 6) is -0.0114. The highest BCUT2D eigenvalue weighted by atomic mass is 16.2. The molecule has 156 valence electrons. The van der Waals surface area contributed by atoms with E-state index < -0.39 is 0 Å². The van der Waals surface area contributed by atoms with Gasteiger partial charge in [0.1, 0.15) is 13.1 Å². The first-order valence-corrected chi connectivity index (χ1v) is 10.7. The van der Waals surface area contributed by atoms with Crippen LogP contribution in [-0.4, -0.2) is 46.5 Å². The molecule has 0 spiro atoms. The summed E-state index contributed by atoms with van der Waals surface area (Å²) in [7, 11) is 0. The molecule has 0 saturated carbocycles. The van der Waals surface area contributed by atoms with Gasteiger partial charge >= 0.3 is 0 Å². The second-order valence-corrected chi connectivity index (χ2v) is 8.12. The maximum absolute atomic E-state index is 12.9. The number of hydrogen-bond acceptors (Lipinski definition) is 3. The predicted molar refractivity (Wildman–Crippen MR) is 121 cm³/mol. The molecular formula is C25H25N4O2+. The van der Waals surface area contributed by atoms with Gasteiger partial charge in [-0.3, -0.25) is 14.2 Å². The first kappa shape index (κ1) is 19.5. The molecule has 1 amide bonds. The third-order valence-electron chi connectivity index (χ3n) is 6.19. The van der Waals surface area contributed by atoms with Crippen LogP contribution in [0.25, 0.3) is 21.8 Å². The SMILES string of the molecule is O=C(Cn1c(=O)cnc2ccccc21)N1CC[NH+](Cc2cccc3ccccc23)CC1. The van der Waals surface area contributed by atoms with Gasteiger partial charge in [-0.05, 0) is 22.9 Å². The molecule has 4 aromatic rings. The molecule has 0 bridgehead atoms. The largest absolute Gasteiger partial charge is 0.330 e. The van der Waals surface area contributed by atoms with Crippen molar-refractivity contribution in [2.24, 2.45) is 0 Å². The van der Waals surface area contributed by atoms with E-state index in [0.29, 0.717) is 18.6 Å². The number of hydrogen-bond donors (Lipinski definition) is 1. The van der Waals surface area contributed by atoms with Crippen LogP contribution in [0.5, 0.6) is 0 Å². The van der Waals surface area contributed by atoms with Crippen LogP contribution in [0.2, 0.25) is 0 Å². The number of nitrogens with one attached hydrogen (secondary N) is 1. The van der Waals surface area contributed by atoms with Crippen LogP contribution < -0.4 is 10.5 Å². The van der Waals surface area contributed by atoms with Crippen molar-refractivity contribution in [3.8, 4) is 0 Å². The number of carbonyl (C=O) groups is 1. The van der Waals surface area contributed by atoms with Gasteiger partial charge in [-0.1, -0.05) is 54.6 Å². The van der Waals surface area contributed by atoms with E-state index >= 15 is 0 Å². The first-order valence-electron chi connectivity index (χ1n) is 10.7. The van der Waals surface area contributed by atoms with Crippen LogP contribution in [0.1, 0.15) is 5.56 Å². The minimum Gasteiger partial charge on any atom is -0.330 e. The van der Waals surface area contributed by atoms with Gasteiger partial charge in [0.25, 0.3) is 5.56 Å². The molecule has 1 aliphatic rings. The van der Waals surface area contributed by atoms with E-state index in [0.717, 1.165) is 25.2 Å². The molecule has 31 heavy (non-hydrogen) atoms. The molecule has 1 N–H and O–H groups in total. The van der Waals surface area contributed by atoms with Crippen molar-refractivity contribution in [3.63, 3.8) is 0 Å². The fraction of sp³-hybridized carbons (Fsp3) is 0.240. The van der Waals surface area contributed by atoms with E-state index in [1.165, 1.54) is 32.0 Å². The van der Waals surface area contributed by atoms with Crippen LogP contribution in [0.4, 0.5) is 0 Å². The quantitative estimate of drug-likeness (QED) is 0.551. The maximum atomic E-state index is 12.9. The van der Waals surface area contributed by atoms with Crippen molar-refractivity contribution < 1.29 is 9.69 Å². The molecule has 1 fully saturated rings. The molecule has 0 atom stereocenters. The van der Waals surface area contributed by atoms with Gasteiger partial charge in [-0.25, -0.2) is 4.98 Å². The normalized spacial score (nSPS) is 14.9. The number of quaternary nitrogens is 1. The molecule has 5 rings (SSSR count). The Morgan fingerprint density at radius 3 is 2.55 bits per heavy atom. The van der Waals surface area contributed by atoms with Crippen molar-refractivity contribution >= 4 is 27.7 Å². The number of carbonyl (C=O) groups excluding carboxylic acids is 1. The lowest BCUT2D eigenvalue weighted by molar-refractivity contribution is -0.917. The second kappa shape index (κ2) is 8.32. The molecule has 6 nitrogen and oxygen atoms in total. The summed E-state index contributed by atoms with van der Waals surface area (Å²) in [4.78, 5) is 32.8. The standard InChI is InChI=1S/C25H24N4O2/c30-24-16-26-22-10-3-4-11-23(22)29(24)18-25(31)28-14-12-27(13-15-28)17-20-8-5-7-19-6-1-2-9-21(19)20/h1-11,16H,12-15,17-18H2/p+1. The highest BCUT2D eigenvalue weighted by Crippen LogP contribution is 2.17. The smallest absolute Gasteiger partial charge is 0.269 e. The third kappa shape index (κ3) is 3.94. The number of benzene rings is 3. The van der Waals surface area contributed by atoms with Crippen LogP contribution in [0.15, 0.2) is 77.7 Å². The van der Waals surface area contributed by atoms with Crippen molar-refractivity contribution in [2.45, 2.75) is 13.1 Å². The van der Waals surface area contributed by atoms with Crippen LogP contribution in [0.3, 0.4) is 0 Å². The Kier molecular flexibility index (Phi) is 5.22. The lowest BCUT2D eigenvalue weighted by atomic mass is 10.0. The summed E-state index contributed by atoms with van der Waals surface area (Å²) in [6.07, 6.45) is 1.29. The van der Waals surface area contributed by atoms with E-state index in [1.807, 2.05) is 29.2 Å². The first-order chi connectivity index (χ1) is 15.2. The summed E-state index contributed by atoms with van der Waals surface area (Å²) in [6.45, 7) is 4.23. The fourth-order valence-corrected chi connectivity index (χ4v) is 4.48. The van der Waals surface area contributed by atoms with Gasteiger partial charge in [0.2, 0.25) is 5.91 Å². The van der Waals surface area contributed by atoms with Gasteiger partial charge < -0.3 is 9.80 Å². The Balaban J connectivity index is 1.25. The van der Waals surface area contributed by atoms with E-state index in [2.05, 4.69) is 47.4 Å². The molecule has 0 aliphatic carbocycles. The van der Waals surface area contributed by atoms with Gasteiger partial charge in [0.05, 0.1) is 43.4 Å². The fourth-order valence-electron chi connectivity index (χ4n) is 4.48. The highest BCUT2D eigenvalue weighted by molar-refractivity contribution is 5.85. The summed E-state index contributed by atoms with van der Waals surface area (Å²) in [5, 5.41) is 2.57. The molecule has 1 saturated heterocycles. The summed E-state index contributed by atoms with van der Waals surface area (Å²) in [5.41, 5.74) is 2.53. The van der Waals surface area contributed by atoms with E-state index in [9.17, 15) is 9.59 Å².